The minimum absolute atomic E-state index is 0.0443. The number of amides is 5. The zero-order chi connectivity index (χ0) is 41.8. The van der Waals surface area contributed by atoms with Crippen LogP contribution in [0.2, 0.25) is 0 Å². The molecule has 2 saturated heterocycles. The van der Waals surface area contributed by atoms with Crippen molar-refractivity contribution in [1.29, 1.82) is 0 Å². The van der Waals surface area contributed by atoms with E-state index in [1.165, 1.54) is 12.1 Å². The lowest BCUT2D eigenvalue weighted by molar-refractivity contribution is -0.145. The molecule has 1 aromatic rings. The molecule has 0 unspecified atom stereocenters. The van der Waals surface area contributed by atoms with Crippen LogP contribution in [0.3, 0.4) is 0 Å². The van der Waals surface area contributed by atoms with Gasteiger partial charge in [-0.05, 0) is 130 Å². The first-order valence-electron chi connectivity index (χ1n) is 20.3. The number of carbonyl (C=O) groups is 6. The molecule has 3 aliphatic heterocycles. The van der Waals surface area contributed by atoms with Crippen LogP contribution in [0, 0.1) is 17.8 Å². The van der Waals surface area contributed by atoms with Gasteiger partial charge in [-0.1, -0.05) is 0 Å². The van der Waals surface area contributed by atoms with Gasteiger partial charge in [0.05, 0.1) is 13.2 Å². The van der Waals surface area contributed by atoms with Crippen LogP contribution >= 0.6 is 0 Å². The molecule has 0 aromatic heterocycles. The minimum Gasteiger partial charge on any atom is -0.464 e. The van der Waals surface area contributed by atoms with Gasteiger partial charge in [0.25, 0.3) is 5.91 Å². The Morgan fingerprint density at radius 2 is 1.30 bits per heavy atom. The average molecular weight is 802 g/mol. The molecule has 1 atom stereocenters. The number of ether oxygens (including phenoxy) is 5. The Morgan fingerprint density at radius 1 is 0.772 bits per heavy atom. The van der Waals surface area contributed by atoms with Crippen molar-refractivity contribution in [3.63, 3.8) is 0 Å². The summed E-state index contributed by atoms with van der Waals surface area (Å²) in [5.74, 6) is -0.806. The first-order valence-corrected chi connectivity index (χ1v) is 20.3. The third-order valence-corrected chi connectivity index (χ3v) is 10.2. The Kier molecular flexibility index (Phi) is 16.2. The number of piperidine rings is 2. The molecule has 0 spiro atoms. The molecule has 16 heteroatoms. The largest absolute Gasteiger partial charge is 0.464 e. The first kappa shape index (κ1) is 44.9. The van der Waals surface area contributed by atoms with Crippen LogP contribution in [0.4, 0.5) is 9.59 Å². The standard InChI is InChI=1S/C41H63N5O11/c1-8-53-37(50)31(44-36(49)30-13-14-32-33(23-30)55-26-54-32)24-42-34(47)25-43-35(48)29(11-9-27-15-19-45(20-16-27)38(51)56-40(2,3)4)12-10-28-17-21-46(22-18-28)39(52)57-41(5,6)7/h13-14,23,27-29,31H,8-12,15-22,24-26H2,1-7H3,(H,42,47)(H,43,48)(H,44,49)/t31-/m0/s1. The van der Waals surface area contributed by atoms with Gasteiger partial charge < -0.3 is 49.4 Å². The van der Waals surface area contributed by atoms with E-state index in [9.17, 15) is 28.8 Å². The quantitative estimate of drug-likeness (QED) is 0.163. The van der Waals surface area contributed by atoms with E-state index in [1.807, 2.05) is 41.5 Å². The molecule has 0 bridgehead atoms. The molecule has 16 nitrogen and oxygen atoms in total. The van der Waals surface area contributed by atoms with Gasteiger partial charge in [-0.3, -0.25) is 14.4 Å². The number of likely N-dealkylation sites (tertiary alicyclic amines) is 2. The number of nitrogens with one attached hydrogen (secondary N) is 3. The second kappa shape index (κ2) is 20.6. The number of benzene rings is 1. The van der Waals surface area contributed by atoms with Gasteiger partial charge in [-0.2, -0.15) is 0 Å². The van der Waals surface area contributed by atoms with Gasteiger partial charge in [0.1, 0.15) is 17.2 Å². The lowest BCUT2D eigenvalue weighted by atomic mass is 9.84. The Balaban J connectivity index is 1.30. The number of nitrogens with zero attached hydrogens (tertiary/aromatic N) is 2. The molecule has 5 amide bonds. The molecule has 1 aromatic carbocycles. The van der Waals surface area contributed by atoms with Crippen LogP contribution in [-0.4, -0.2) is 116 Å². The number of hydrogen-bond acceptors (Lipinski definition) is 11. The third-order valence-electron chi connectivity index (χ3n) is 10.2. The van der Waals surface area contributed by atoms with Crippen molar-refractivity contribution in [2.24, 2.45) is 17.8 Å². The SMILES string of the molecule is CCOC(=O)[C@H](CNC(=O)CNC(=O)C(CCC1CCN(C(=O)OC(C)(C)C)CC1)CCC1CCN(C(=O)OC(C)(C)C)CC1)NC(=O)c1ccc2c(c1)OCO2. The average Bonchev–Trinajstić information content (AvgIpc) is 3.63. The first-order chi connectivity index (χ1) is 26.9. The summed E-state index contributed by atoms with van der Waals surface area (Å²) >= 11 is 0. The maximum Gasteiger partial charge on any atom is 0.410 e. The van der Waals surface area contributed by atoms with Crippen LogP contribution in [0.1, 0.15) is 110 Å². The summed E-state index contributed by atoms with van der Waals surface area (Å²) in [7, 11) is 0. The molecule has 0 aliphatic carbocycles. The molecular formula is C41H63N5O11. The summed E-state index contributed by atoms with van der Waals surface area (Å²) in [6.45, 7) is 14.7. The molecule has 3 N–H and O–H groups in total. The van der Waals surface area contributed by atoms with Gasteiger partial charge in [-0.15, -0.1) is 0 Å². The Bertz CT molecular complexity index is 1500. The van der Waals surface area contributed by atoms with Crippen molar-refractivity contribution in [2.45, 2.75) is 117 Å². The van der Waals surface area contributed by atoms with Crippen LogP contribution in [0.25, 0.3) is 0 Å². The number of carbonyl (C=O) groups excluding carboxylic acids is 6. The Hall–Kier alpha value is -4.76. The molecule has 3 heterocycles. The molecule has 318 valence electrons. The van der Waals surface area contributed by atoms with Crippen LogP contribution in [-0.2, 0) is 28.6 Å². The molecule has 3 aliphatic rings. The van der Waals surface area contributed by atoms with Crippen LogP contribution in [0.5, 0.6) is 11.5 Å². The number of rotatable bonds is 15. The van der Waals surface area contributed by atoms with Crippen molar-refractivity contribution in [3.05, 3.63) is 23.8 Å². The van der Waals surface area contributed by atoms with E-state index in [2.05, 4.69) is 16.0 Å². The monoisotopic (exact) mass is 801 g/mol. The van der Waals surface area contributed by atoms with Crippen molar-refractivity contribution < 1.29 is 52.5 Å². The van der Waals surface area contributed by atoms with Gasteiger partial charge in [-0.25, -0.2) is 14.4 Å². The molecular weight excluding hydrogens is 738 g/mol. The zero-order valence-corrected chi connectivity index (χ0v) is 34.7. The topological polar surface area (TPSA) is 191 Å². The highest BCUT2D eigenvalue weighted by Crippen LogP contribution is 2.33. The predicted molar refractivity (Wildman–Crippen MR) is 209 cm³/mol. The van der Waals surface area contributed by atoms with Crippen molar-refractivity contribution in [3.8, 4) is 11.5 Å². The normalized spacial score (nSPS) is 16.8. The van der Waals surface area contributed by atoms with Crippen LogP contribution in [0.15, 0.2) is 18.2 Å². The lowest BCUT2D eigenvalue weighted by Gasteiger charge is -2.34. The molecule has 0 radical (unpaired) electrons. The zero-order valence-electron chi connectivity index (χ0n) is 34.7. The third kappa shape index (κ3) is 14.9. The summed E-state index contributed by atoms with van der Waals surface area (Å²) in [4.78, 5) is 81.0. The van der Waals surface area contributed by atoms with Crippen LogP contribution < -0.4 is 25.4 Å². The lowest BCUT2D eigenvalue weighted by Crippen LogP contribution is -2.50. The second-order valence-corrected chi connectivity index (χ2v) is 17.0. The molecule has 0 saturated carbocycles. The maximum atomic E-state index is 13.7. The smallest absolute Gasteiger partial charge is 0.410 e. The highest BCUT2D eigenvalue weighted by Gasteiger charge is 2.31. The fourth-order valence-electron chi connectivity index (χ4n) is 7.05. The van der Waals surface area contributed by atoms with Crippen molar-refractivity contribution in [2.75, 3.05) is 52.7 Å². The minimum atomic E-state index is -1.18. The second-order valence-electron chi connectivity index (χ2n) is 17.0. The van der Waals surface area contributed by atoms with E-state index in [1.54, 1.807) is 22.8 Å². The van der Waals surface area contributed by atoms with Gasteiger partial charge in [0.2, 0.25) is 18.6 Å². The van der Waals surface area contributed by atoms with Gasteiger partial charge in [0.15, 0.2) is 11.5 Å². The molecule has 2 fully saturated rings. The van der Waals surface area contributed by atoms with Crippen molar-refractivity contribution >= 4 is 35.9 Å². The summed E-state index contributed by atoms with van der Waals surface area (Å²) in [6.07, 6.45) is 5.47. The van der Waals surface area contributed by atoms with E-state index in [-0.39, 0.29) is 56.1 Å². The Morgan fingerprint density at radius 3 is 1.81 bits per heavy atom. The Labute approximate surface area is 336 Å². The van der Waals surface area contributed by atoms with E-state index in [4.69, 9.17) is 23.7 Å². The maximum absolute atomic E-state index is 13.7. The highest BCUT2D eigenvalue weighted by molar-refractivity contribution is 5.97. The summed E-state index contributed by atoms with van der Waals surface area (Å²) in [5.41, 5.74) is -0.892. The van der Waals surface area contributed by atoms with E-state index < -0.39 is 35.0 Å². The van der Waals surface area contributed by atoms with Gasteiger partial charge >= 0.3 is 18.2 Å². The highest BCUT2D eigenvalue weighted by atomic mass is 16.7. The summed E-state index contributed by atoms with van der Waals surface area (Å²) < 4.78 is 26.9. The number of esters is 1. The van der Waals surface area contributed by atoms with Gasteiger partial charge in [0, 0.05) is 44.2 Å². The fourth-order valence-corrected chi connectivity index (χ4v) is 7.05. The molecule has 57 heavy (non-hydrogen) atoms. The van der Waals surface area contributed by atoms with E-state index >= 15 is 0 Å². The summed E-state index contributed by atoms with van der Waals surface area (Å²) in [6, 6.07) is 3.46. The molecule has 4 rings (SSSR count). The predicted octanol–water partition coefficient (Wildman–Crippen LogP) is 4.78. The van der Waals surface area contributed by atoms with Crippen molar-refractivity contribution in [1.82, 2.24) is 25.8 Å². The number of fused-ring (bicyclic) bond motifs is 1. The van der Waals surface area contributed by atoms with E-state index in [0.717, 1.165) is 38.5 Å². The fraction of sp³-hybridized carbons (Fsp3) is 0.707. The summed E-state index contributed by atoms with van der Waals surface area (Å²) in [5, 5.41) is 8.04. The number of hydrogen-bond donors (Lipinski definition) is 3. The van der Waals surface area contributed by atoms with E-state index in [0.29, 0.717) is 62.4 Å².